The second-order valence-electron chi connectivity index (χ2n) is 3.16. The van der Waals surface area contributed by atoms with Crippen molar-refractivity contribution in [3.63, 3.8) is 0 Å². The van der Waals surface area contributed by atoms with Gasteiger partial charge in [0.1, 0.15) is 11.4 Å². The van der Waals surface area contributed by atoms with E-state index in [0.29, 0.717) is 11.3 Å². The summed E-state index contributed by atoms with van der Waals surface area (Å²) in [5, 5.41) is 2.86. The molecule has 0 fully saturated rings. The third-order valence-electron chi connectivity index (χ3n) is 1.89. The Hall–Kier alpha value is -1.93. The van der Waals surface area contributed by atoms with Crippen molar-refractivity contribution >= 4 is 11.3 Å². The van der Waals surface area contributed by atoms with Gasteiger partial charge in [0, 0.05) is 17.1 Å². The maximum atomic E-state index is 12.0. The SMILES string of the molecule is Cc1nc(C#Cc2cncc(OC[18F])c2)cs1. The summed E-state index contributed by atoms with van der Waals surface area (Å²) in [7, 11) is 0. The van der Waals surface area contributed by atoms with Crippen molar-refractivity contribution in [2.24, 2.45) is 0 Å². The molecular weight excluding hydrogens is 238 g/mol. The summed E-state index contributed by atoms with van der Waals surface area (Å²) >= 11 is 1.55. The first-order valence-corrected chi connectivity index (χ1v) is 5.74. The maximum absolute atomic E-state index is 12.0. The summed E-state index contributed by atoms with van der Waals surface area (Å²) in [4.78, 5) is 8.13. The van der Waals surface area contributed by atoms with Gasteiger partial charge < -0.3 is 4.74 Å². The molecule has 0 aromatic carbocycles. The number of halogens is 1. The molecule has 0 atom stereocenters. The third kappa shape index (κ3) is 3.26. The molecule has 17 heavy (non-hydrogen) atoms. The van der Waals surface area contributed by atoms with Crippen molar-refractivity contribution in [2.75, 3.05) is 6.86 Å². The Kier molecular flexibility index (Phi) is 3.68. The number of ether oxygens (including phenoxy) is 1. The van der Waals surface area contributed by atoms with Crippen LogP contribution in [0.5, 0.6) is 5.75 Å². The lowest BCUT2D eigenvalue weighted by Crippen LogP contribution is -1.91. The van der Waals surface area contributed by atoms with Gasteiger partial charge in [-0.15, -0.1) is 11.3 Å². The van der Waals surface area contributed by atoms with E-state index in [1.807, 2.05) is 12.3 Å². The number of hydrogen-bond donors (Lipinski definition) is 0. The zero-order valence-corrected chi connectivity index (χ0v) is 9.92. The van der Waals surface area contributed by atoms with Crippen LogP contribution in [-0.2, 0) is 0 Å². The summed E-state index contributed by atoms with van der Waals surface area (Å²) in [5.74, 6) is 6.18. The number of pyridine rings is 1. The zero-order valence-electron chi connectivity index (χ0n) is 9.11. The topological polar surface area (TPSA) is 35.0 Å². The monoisotopic (exact) mass is 247 g/mol. The summed E-state index contributed by atoms with van der Waals surface area (Å²) < 4.78 is 16.7. The van der Waals surface area contributed by atoms with Crippen LogP contribution in [-0.4, -0.2) is 16.8 Å². The van der Waals surface area contributed by atoms with Crippen LogP contribution in [0.3, 0.4) is 0 Å². The van der Waals surface area contributed by atoms with E-state index < -0.39 is 6.86 Å². The normalized spacial score (nSPS) is 9.53. The molecule has 2 aromatic heterocycles. The van der Waals surface area contributed by atoms with Crippen LogP contribution in [0.2, 0.25) is 0 Å². The van der Waals surface area contributed by atoms with Crippen LogP contribution >= 0.6 is 11.3 Å². The number of aromatic nitrogens is 2. The molecule has 86 valence electrons. The molecule has 0 saturated heterocycles. The van der Waals surface area contributed by atoms with Crippen LogP contribution in [0.1, 0.15) is 16.3 Å². The van der Waals surface area contributed by atoms with Crippen LogP contribution < -0.4 is 4.74 Å². The van der Waals surface area contributed by atoms with E-state index >= 15 is 0 Å². The first-order valence-electron chi connectivity index (χ1n) is 4.86. The molecule has 0 aliphatic heterocycles. The van der Waals surface area contributed by atoms with Crippen LogP contribution in [0, 0.1) is 18.8 Å². The predicted molar refractivity (Wildman–Crippen MR) is 63.7 cm³/mol. The average molecular weight is 247 g/mol. The van der Waals surface area contributed by atoms with E-state index in [0.717, 1.165) is 10.7 Å². The molecule has 5 heteroatoms. The lowest BCUT2D eigenvalue weighted by atomic mass is 10.3. The number of alkyl halides is 1. The van der Waals surface area contributed by atoms with Crippen molar-refractivity contribution < 1.29 is 9.13 Å². The smallest absolute Gasteiger partial charge is 0.228 e. The molecule has 2 aromatic rings. The Bertz CT molecular complexity index is 571. The molecule has 3 nitrogen and oxygen atoms in total. The quantitative estimate of drug-likeness (QED) is 0.765. The van der Waals surface area contributed by atoms with Crippen molar-refractivity contribution in [3.05, 3.63) is 40.1 Å². The van der Waals surface area contributed by atoms with Gasteiger partial charge in [-0.05, 0) is 18.9 Å². The highest BCUT2D eigenvalue weighted by atomic mass is 32.1. The van der Waals surface area contributed by atoms with Gasteiger partial charge in [0.25, 0.3) is 0 Å². The fourth-order valence-electron chi connectivity index (χ4n) is 1.19. The number of nitrogens with zero attached hydrogens (tertiary/aromatic N) is 2. The van der Waals surface area contributed by atoms with Crippen LogP contribution in [0.4, 0.5) is 4.39 Å². The lowest BCUT2D eigenvalue weighted by molar-refractivity contribution is 0.191. The molecule has 0 spiro atoms. The van der Waals surface area contributed by atoms with Crippen LogP contribution in [0.15, 0.2) is 23.8 Å². The van der Waals surface area contributed by atoms with Gasteiger partial charge in [-0.25, -0.2) is 9.37 Å². The highest BCUT2D eigenvalue weighted by Crippen LogP contribution is 2.11. The second kappa shape index (κ2) is 5.41. The van der Waals surface area contributed by atoms with Gasteiger partial charge in [-0.2, -0.15) is 0 Å². The first kappa shape index (κ1) is 11.6. The Labute approximate surface area is 102 Å². The van der Waals surface area contributed by atoms with E-state index in [9.17, 15) is 4.39 Å². The maximum Gasteiger partial charge on any atom is 0.228 e. The molecular formula is C12H9FN2OS. The Morgan fingerprint density at radius 1 is 1.41 bits per heavy atom. The highest BCUT2D eigenvalue weighted by Gasteiger charge is 1.96. The second-order valence-corrected chi connectivity index (χ2v) is 4.23. The number of thiazole rings is 1. The zero-order chi connectivity index (χ0) is 12.1. The molecule has 0 saturated carbocycles. The van der Waals surface area contributed by atoms with Gasteiger partial charge in [-0.3, -0.25) is 4.98 Å². The summed E-state index contributed by atoms with van der Waals surface area (Å²) in [6, 6.07) is 1.64. The number of hydrogen-bond acceptors (Lipinski definition) is 4. The Morgan fingerprint density at radius 3 is 3.00 bits per heavy atom. The summed E-state index contributed by atoms with van der Waals surface area (Å²) in [6.45, 7) is 1.05. The molecule has 2 heterocycles. The fraction of sp³-hybridized carbons (Fsp3) is 0.167. The minimum Gasteiger partial charge on any atom is -0.461 e. The number of rotatable bonds is 2. The molecule has 0 aliphatic rings. The minimum absolute atomic E-state index is 0.369. The predicted octanol–water partition coefficient (Wildman–Crippen LogP) is 2.55. The first-order chi connectivity index (χ1) is 8.28. The van der Waals surface area contributed by atoms with Gasteiger partial charge in [0.2, 0.25) is 6.86 Å². The molecule has 0 radical (unpaired) electrons. The molecule has 0 amide bonds. The number of aryl methyl sites for hydroxylation is 1. The summed E-state index contributed by atoms with van der Waals surface area (Å²) in [6.07, 6.45) is 3.04. The van der Waals surface area contributed by atoms with E-state index in [1.54, 1.807) is 23.6 Å². The van der Waals surface area contributed by atoms with Crippen LogP contribution in [0.25, 0.3) is 0 Å². The molecule has 0 aliphatic carbocycles. The van der Waals surface area contributed by atoms with E-state index in [2.05, 4.69) is 21.8 Å². The Balaban J connectivity index is 2.18. The minimum atomic E-state index is -0.871. The van der Waals surface area contributed by atoms with Gasteiger partial charge >= 0.3 is 0 Å². The van der Waals surface area contributed by atoms with Crippen molar-refractivity contribution in [1.82, 2.24) is 9.97 Å². The van der Waals surface area contributed by atoms with E-state index in [-0.39, 0.29) is 0 Å². The van der Waals surface area contributed by atoms with Gasteiger partial charge in [0.15, 0.2) is 0 Å². The highest BCUT2D eigenvalue weighted by molar-refractivity contribution is 7.09. The molecule has 2 rings (SSSR count). The van der Waals surface area contributed by atoms with Crippen molar-refractivity contribution in [3.8, 4) is 17.6 Å². The van der Waals surface area contributed by atoms with Crippen molar-refractivity contribution in [1.29, 1.82) is 0 Å². The van der Waals surface area contributed by atoms with Gasteiger partial charge in [0.05, 0.1) is 11.2 Å². The van der Waals surface area contributed by atoms with Gasteiger partial charge in [-0.1, -0.05) is 5.92 Å². The van der Waals surface area contributed by atoms with E-state index in [1.165, 1.54) is 6.20 Å². The standard InChI is InChI=1S/C12H9FN2OS/c1-9-15-11(7-17-9)3-2-10-4-12(16-8-13)6-14-5-10/h4-7H,8H2,1H3/i13-1. The average Bonchev–Trinajstić information content (AvgIpc) is 2.74. The Morgan fingerprint density at radius 2 is 2.29 bits per heavy atom. The molecule has 0 N–H and O–H groups in total. The lowest BCUT2D eigenvalue weighted by Gasteiger charge is -1.99. The van der Waals surface area contributed by atoms with E-state index in [4.69, 9.17) is 4.74 Å². The fourth-order valence-corrected chi connectivity index (χ4v) is 1.73. The molecule has 0 bridgehead atoms. The molecule has 0 unspecified atom stereocenters. The third-order valence-corrected chi connectivity index (χ3v) is 2.66. The van der Waals surface area contributed by atoms with Crippen molar-refractivity contribution in [2.45, 2.75) is 6.92 Å². The summed E-state index contributed by atoms with van der Waals surface area (Å²) in [5.41, 5.74) is 1.39. The largest absolute Gasteiger partial charge is 0.461 e.